The van der Waals surface area contributed by atoms with E-state index in [0.717, 1.165) is 0 Å². The van der Waals surface area contributed by atoms with Crippen LogP contribution in [-0.2, 0) is 4.79 Å². The molecule has 0 amide bonds. The second kappa shape index (κ2) is 4.57. The molecule has 0 spiro atoms. The average molecular weight is 234 g/mol. The summed E-state index contributed by atoms with van der Waals surface area (Å²) in [5.41, 5.74) is 0.576. The van der Waals surface area contributed by atoms with Gasteiger partial charge in [0, 0.05) is 12.0 Å². The highest BCUT2D eigenvalue weighted by Gasteiger charge is 2.21. The molecule has 0 saturated heterocycles. The predicted molar refractivity (Wildman–Crippen MR) is 61.6 cm³/mol. The molecule has 0 aliphatic carbocycles. The number of rotatable bonds is 4. The van der Waals surface area contributed by atoms with Crippen LogP contribution in [0, 0.1) is 5.92 Å². The molecule has 0 atom stereocenters. The third-order valence-corrected chi connectivity index (χ3v) is 2.64. The molecule has 0 fully saturated rings. The molecule has 90 valence electrons. The van der Waals surface area contributed by atoms with E-state index in [-0.39, 0.29) is 30.7 Å². The Morgan fingerprint density at radius 2 is 2.24 bits per heavy atom. The van der Waals surface area contributed by atoms with Crippen LogP contribution in [0.15, 0.2) is 18.2 Å². The molecule has 1 aromatic carbocycles. The van der Waals surface area contributed by atoms with Crippen molar-refractivity contribution >= 4 is 11.6 Å². The SMILES string of the molecule is CC(C)C(=O)COc1ccc2c(c1)OCC2=O. The number of carbonyl (C=O) groups excluding carboxylic acids is 2. The Bertz CT molecular complexity index is 462. The van der Waals surface area contributed by atoms with Crippen LogP contribution >= 0.6 is 0 Å². The van der Waals surface area contributed by atoms with Crippen molar-refractivity contribution in [1.82, 2.24) is 0 Å². The van der Waals surface area contributed by atoms with E-state index in [9.17, 15) is 9.59 Å². The maximum absolute atomic E-state index is 11.4. The molecule has 2 rings (SSSR count). The number of carbonyl (C=O) groups is 2. The molecular weight excluding hydrogens is 220 g/mol. The third kappa shape index (κ3) is 2.46. The zero-order chi connectivity index (χ0) is 12.4. The van der Waals surface area contributed by atoms with Crippen molar-refractivity contribution in [3.63, 3.8) is 0 Å². The number of hydrogen-bond acceptors (Lipinski definition) is 4. The van der Waals surface area contributed by atoms with E-state index in [4.69, 9.17) is 9.47 Å². The molecule has 1 aromatic rings. The Kier molecular flexibility index (Phi) is 3.13. The van der Waals surface area contributed by atoms with Gasteiger partial charge >= 0.3 is 0 Å². The van der Waals surface area contributed by atoms with Gasteiger partial charge in [0.1, 0.15) is 18.1 Å². The Labute approximate surface area is 99.5 Å². The number of fused-ring (bicyclic) bond motifs is 1. The van der Waals surface area contributed by atoms with Gasteiger partial charge in [-0.2, -0.15) is 0 Å². The number of ether oxygens (including phenoxy) is 2. The molecule has 4 heteroatoms. The molecule has 0 N–H and O–H groups in total. The second-order valence-electron chi connectivity index (χ2n) is 4.28. The maximum Gasteiger partial charge on any atom is 0.203 e. The van der Waals surface area contributed by atoms with Gasteiger partial charge in [0.2, 0.25) is 5.78 Å². The lowest BCUT2D eigenvalue weighted by atomic mass is 10.1. The van der Waals surface area contributed by atoms with Gasteiger partial charge in [0.15, 0.2) is 12.4 Å². The summed E-state index contributed by atoms with van der Waals surface area (Å²) in [6, 6.07) is 4.99. The fourth-order valence-electron chi connectivity index (χ4n) is 1.48. The molecule has 0 bridgehead atoms. The Morgan fingerprint density at radius 3 is 2.94 bits per heavy atom. The van der Waals surface area contributed by atoms with Crippen LogP contribution < -0.4 is 9.47 Å². The highest BCUT2D eigenvalue weighted by atomic mass is 16.5. The molecule has 0 unspecified atom stereocenters. The minimum absolute atomic E-state index is 0.0233. The van der Waals surface area contributed by atoms with E-state index < -0.39 is 0 Å². The summed E-state index contributed by atoms with van der Waals surface area (Å²) < 4.78 is 10.5. The predicted octanol–water partition coefficient (Wildman–Crippen LogP) is 1.87. The van der Waals surface area contributed by atoms with Crippen LogP contribution in [0.1, 0.15) is 24.2 Å². The zero-order valence-electron chi connectivity index (χ0n) is 9.86. The van der Waals surface area contributed by atoms with E-state index in [1.165, 1.54) is 0 Å². The number of Topliss-reactive ketones (excluding diaryl/α,β-unsaturated/α-hetero) is 2. The standard InChI is InChI=1S/C13H14O4/c1-8(2)11(14)6-16-9-3-4-10-12(15)7-17-13(10)5-9/h3-5,8H,6-7H2,1-2H3. The molecular formula is C13H14O4. The van der Waals surface area contributed by atoms with E-state index in [1.54, 1.807) is 18.2 Å². The highest BCUT2D eigenvalue weighted by Crippen LogP contribution is 2.29. The largest absolute Gasteiger partial charge is 0.486 e. The number of benzene rings is 1. The summed E-state index contributed by atoms with van der Waals surface area (Å²) in [6.07, 6.45) is 0. The van der Waals surface area contributed by atoms with E-state index >= 15 is 0 Å². The van der Waals surface area contributed by atoms with Crippen molar-refractivity contribution in [2.45, 2.75) is 13.8 Å². The van der Waals surface area contributed by atoms with Crippen molar-refractivity contribution in [1.29, 1.82) is 0 Å². The first-order valence-electron chi connectivity index (χ1n) is 5.53. The molecule has 17 heavy (non-hydrogen) atoms. The van der Waals surface area contributed by atoms with Crippen molar-refractivity contribution in [3.8, 4) is 11.5 Å². The van der Waals surface area contributed by atoms with E-state index in [1.807, 2.05) is 13.8 Å². The lowest BCUT2D eigenvalue weighted by Crippen LogP contribution is -2.16. The highest BCUT2D eigenvalue weighted by molar-refractivity contribution is 6.02. The van der Waals surface area contributed by atoms with Gasteiger partial charge in [-0.3, -0.25) is 9.59 Å². The lowest BCUT2D eigenvalue weighted by Gasteiger charge is -2.08. The van der Waals surface area contributed by atoms with Crippen molar-refractivity contribution in [2.24, 2.45) is 5.92 Å². The first kappa shape index (κ1) is 11.6. The summed E-state index contributed by atoms with van der Waals surface area (Å²) in [6.45, 7) is 3.79. The summed E-state index contributed by atoms with van der Waals surface area (Å²) in [5, 5.41) is 0. The Balaban J connectivity index is 2.04. The molecule has 4 nitrogen and oxygen atoms in total. The van der Waals surface area contributed by atoms with Crippen LogP contribution in [-0.4, -0.2) is 24.8 Å². The number of ketones is 2. The van der Waals surface area contributed by atoms with Crippen LogP contribution in [0.2, 0.25) is 0 Å². The fraction of sp³-hybridized carbons (Fsp3) is 0.385. The minimum atomic E-state index is -0.0396. The van der Waals surface area contributed by atoms with Gasteiger partial charge in [0.05, 0.1) is 5.56 Å². The molecule has 1 aliphatic rings. The first-order valence-corrected chi connectivity index (χ1v) is 5.53. The van der Waals surface area contributed by atoms with E-state index in [0.29, 0.717) is 17.1 Å². The second-order valence-corrected chi connectivity index (χ2v) is 4.28. The number of hydrogen-bond donors (Lipinski definition) is 0. The van der Waals surface area contributed by atoms with Gasteiger partial charge in [-0.15, -0.1) is 0 Å². The smallest absolute Gasteiger partial charge is 0.203 e. The maximum atomic E-state index is 11.4. The first-order chi connectivity index (χ1) is 8.08. The van der Waals surface area contributed by atoms with Gasteiger partial charge in [0.25, 0.3) is 0 Å². The van der Waals surface area contributed by atoms with Crippen molar-refractivity contribution in [2.75, 3.05) is 13.2 Å². The van der Waals surface area contributed by atoms with Gasteiger partial charge in [-0.05, 0) is 12.1 Å². The lowest BCUT2D eigenvalue weighted by molar-refractivity contribution is -0.123. The van der Waals surface area contributed by atoms with Crippen molar-refractivity contribution in [3.05, 3.63) is 23.8 Å². The summed E-state index contributed by atoms with van der Waals surface area (Å²) in [5.74, 6) is 1.06. The normalized spacial score (nSPS) is 13.5. The fourth-order valence-corrected chi connectivity index (χ4v) is 1.48. The molecule has 1 heterocycles. The van der Waals surface area contributed by atoms with Crippen LogP contribution in [0.4, 0.5) is 0 Å². The average Bonchev–Trinajstić information content (AvgIpc) is 2.67. The third-order valence-electron chi connectivity index (χ3n) is 2.64. The van der Waals surface area contributed by atoms with Crippen LogP contribution in [0.5, 0.6) is 11.5 Å². The van der Waals surface area contributed by atoms with Gasteiger partial charge in [-0.1, -0.05) is 13.8 Å². The van der Waals surface area contributed by atoms with Gasteiger partial charge < -0.3 is 9.47 Å². The Morgan fingerprint density at radius 1 is 1.47 bits per heavy atom. The molecule has 1 aliphatic heterocycles. The molecule has 0 saturated carbocycles. The molecule has 0 aromatic heterocycles. The quantitative estimate of drug-likeness (QED) is 0.798. The topological polar surface area (TPSA) is 52.6 Å². The minimum Gasteiger partial charge on any atom is -0.486 e. The molecule has 0 radical (unpaired) electrons. The monoisotopic (exact) mass is 234 g/mol. The van der Waals surface area contributed by atoms with E-state index in [2.05, 4.69) is 0 Å². The summed E-state index contributed by atoms with van der Waals surface area (Å²) in [7, 11) is 0. The van der Waals surface area contributed by atoms with Gasteiger partial charge in [-0.25, -0.2) is 0 Å². The zero-order valence-corrected chi connectivity index (χ0v) is 9.86. The van der Waals surface area contributed by atoms with Crippen LogP contribution in [0.25, 0.3) is 0 Å². The van der Waals surface area contributed by atoms with Crippen molar-refractivity contribution < 1.29 is 19.1 Å². The Hall–Kier alpha value is -1.84. The summed E-state index contributed by atoms with van der Waals surface area (Å²) in [4.78, 5) is 22.7. The summed E-state index contributed by atoms with van der Waals surface area (Å²) >= 11 is 0. The van der Waals surface area contributed by atoms with Crippen LogP contribution in [0.3, 0.4) is 0 Å².